The summed E-state index contributed by atoms with van der Waals surface area (Å²) in [6, 6.07) is 1.99. The second-order valence-corrected chi connectivity index (χ2v) is 7.27. The molecule has 0 saturated carbocycles. The van der Waals surface area contributed by atoms with E-state index in [2.05, 4.69) is 13.8 Å². The van der Waals surface area contributed by atoms with Crippen LogP contribution in [0.1, 0.15) is 41.4 Å². The van der Waals surface area contributed by atoms with E-state index in [1.54, 1.807) is 16.2 Å². The topological polar surface area (TPSA) is 43.8 Å². The monoisotopic (exact) mass is 296 g/mol. The highest BCUT2D eigenvalue weighted by Crippen LogP contribution is 2.27. The van der Waals surface area contributed by atoms with Crippen LogP contribution >= 0.6 is 11.3 Å². The molecule has 2 rings (SSSR count). The van der Waals surface area contributed by atoms with Crippen molar-refractivity contribution in [3.8, 4) is 0 Å². The van der Waals surface area contributed by atoms with Gasteiger partial charge in [0.2, 0.25) is 0 Å². The average molecular weight is 296 g/mol. The summed E-state index contributed by atoms with van der Waals surface area (Å²) in [5, 5.41) is 12.4. The fourth-order valence-electron chi connectivity index (χ4n) is 2.70. The molecule has 1 amide bonds. The third-order valence-electron chi connectivity index (χ3n) is 3.67. The summed E-state index contributed by atoms with van der Waals surface area (Å²) in [7, 11) is 3.88. The molecular formula is C15H24N2O2S. The van der Waals surface area contributed by atoms with Gasteiger partial charge in [-0.05, 0) is 32.5 Å². The number of thiophene rings is 1. The van der Waals surface area contributed by atoms with Gasteiger partial charge < -0.3 is 14.9 Å². The Hall–Kier alpha value is -0.910. The number of β-amino-alcohol motifs (C(OH)–C–C–N with tert-alkyl or cyclic N) is 1. The molecule has 1 aliphatic heterocycles. The van der Waals surface area contributed by atoms with Crippen LogP contribution in [0.2, 0.25) is 0 Å². The van der Waals surface area contributed by atoms with Crippen molar-refractivity contribution in [3.05, 3.63) is 21.9 Å². The standard InChI is InChI=1S/C15H24N2O2S/c1-11(2)13-7-12(8-20-13)14(18)17-6-5-15(19,10-17)9-16(3)4/h7-8,11,19H,5-6,9-10H2,1-4H3. The number of hydrogen-bond donors (Lipinski definition) is 1. The van der Waals surface area contributed by atoms with Crippen LogP contribution in [0.3, 0.4) is 0 Å². The zero-order valence-corrected chi connectivity index (χ0v) is 13.5. The lowest BCUT2D eigenvalue weighted by Gasteiger charge is -2.26. The van der Waals surface area contributed by atoms with E-state index in [9.17, 15) is 9.90 Å². The van der Waals surface area contributed by atoms with Gasteiger partial charge in [0.25, 0.3) is 5.91 Å². The van der Waals surface area contributed by atoms with Gasteiger partial charge in [-0.25, -0.2) is 0 Å². The van der Waals surface area contributed by atoms with Gasteiger partial charge >= 0.3 is 0 Å². The normalized spacial score (nSPS) is 23.1. The summed E-state index contributed by atoms with van der Waals surface area (Å²) in [5.41, 5.74) is -0.0106. The molecule has 112 valence electrons. The Kier molecular flexibility index (Phi) is 4.52. The molecule has 1 atom stereocenters. The van der Waals surface area contributed by atoms with Gasteiger partial charge in [-0.2, -0.15) is 0 Å². The number of carbonyl (C=O) groups excluding carboxylic acids is 1. The second-order valence-electron chi connectivity index (χ2n) is 6.33. The number of likely N-dealkylation sites (N-methyl/N-ethyl adjacent to an activating group) is 1. The fourth-order valence-corrected chi connectivity index (χ4v) is 3.60. The molecule has 5 heteroatoms. The molecule has 2 heterocycles. The number of rotatable bonds is 4. The van der Waals surface area contributed by atoms with Gasteiger partial charge in [-0.3, -0.25) is 4.79 Å². The average Bonchev–Trinajstić information content (AvgIpc) is 2.94. The highest BCUT2D eigenvalue weighted by Gasteiger charge is 2.38. The molecule has 1 aliphatic rings. The minimum atomic E-state index is -0.768. The number of likely N-dealkylation sites (tertiary alicyclic amines) is 1. The Bertz CT molecular complexity index is 484. The van der Waals surface area contributed by atoms with E-state index < -0.39 is 5.60 Å². The predicted molar refractivity (Wildman–Crippen MR) is 82.4 cm³/mol. The maximum Gasteiger partial charge on any atom is 0.254 e. The fraction of sp³-hybridized carbons (Fsp3) is 0.667. The predicted octanol–water partition coefficient (Wildman–Crippen LogP) is 2.01. The first-order valence-electron chi connectivity index (χ1n) is 7.05. The van der Waals surface area contributed by atoms with Gasteiger partial charge in [0, 0.05) is 23.3 Å². The minimum Gasteiger partial charge on any atom is -0.387 e. The van der Waals surface area contributed by atoms with Gasteiger partial charge in [0.05, 0.1) is 17.7 Å². The SMILES string of the molecule is CC(C)c1cc(C(=O)N2CCC(O)(CN(C)C)C2)cs1. The van der Waals surface area contributed by atoms with Crippen LogP contribution in [0.25, 0.3) is 0 Å². The molecule has 1 N–H and O–H groups in total. The summed E-state index contributed by atoms with van der Waals surface area (Å²) in [6.45, 7) is 5.92. The van der Waals surface area contributed by atoms with E-state index in [4.69, 9.17) is 0 Å². The summed E-state index contributed by atoms with van der Waals surface area (Å²) >= 11 is 1.64. The van der Waals surface area contributed by atoms with Gasteiger partial charge in [0.1, 0.15) is 0 Å². The molecule has 1 aromatic rings. The summed E-state index contributed by atoms with van der Waals surface area (Å²) in [6.07, 6.45) is 0.651. The molecule has 0 bridgehead atoms. The molecule has 1 saturated heterocycles. The molecule has 0 aliphatic carbocycles. The first-order valence-corrected chi connectivity index (χ1v) is 7.93. The van der Waals surface area contributed by atoms with E-state index >= 15 is 0 Å². The number of carbonyl (C=O) groups is 1. The summed E-state index contributed by atoms with van der Waals surface area (Å²) in [5.74, 6) is 0.494. The Morgan fingerprint density at radius 3 is 2.80 bits per heavy atom. The van der Waals surface area contributed by atoms with Gasteiger partial charge in [-0.15, -0.1) is 11.3 Å². The lowest BCUT2D eigenvalue weighted by Crippen LogP contribution is -2.43. The largest absolute Gasteiger partial charge is 0.387 e. The maximum atomic E-state index is 12.5. The van der Waals surface area contributed by atoms with Crippen LogP contribution in [-0.4, -0.2) is 60.1 Å². The van der Waals surface area contributed by atoms with Crippen molar-refractivity contribution in [3.63, 3.8) is 0 Å². The number of amides is 1. The quantitative estimate of drug-likeness (QED) is 0.924. The Labute approximate surface area is 125 Å². The minimum absolute atomic E-state index is 0.0443. The molecule has 0 spiro atoms. The number of aliphatic hydroxyl groups is 1. The zero-order valence-electron chi connectivity index (χ0n) is 12.7. The third kappa shape index (κ3) is 3.40. The van der Waals surface area contributed by atoms with Crippen LogP contribution in [0.5, 0.6) is 0 Å². The van der Waals surface area contributed by atoms with Crippen molar-refractivity contribution >= 4 is 17.2 Å². The molecule has 1 aromatic heterocycles. The van der Waals surface area contributed by atoms with E-state index in [1.165, 1.54) is 4.88 Å². The van der Waals surface area contributed by atoms with Crippen molar-refractivity contribution in [2.24, 2.45) is 0 Å². The Balaban J connectivity index is 2.03. The van der Waals surface area contributed by atoms with Crippen molar-refractivity contribution in [2.45, 2.75) is 31.8 Å². The van der Waals surface area contributed by atoms with Crippen molar-refractivity contribution in [1.29, 1.82) is 0 Å². The molecule has 0 radical (unpaired) electrons. The van der Waals surface area contributed by atoms with Gasteiger partial charge in [-0.1, -0.05) is 13.8 Å². The lowest BCUT2D eigenvalue weighted by atomic mass is 10.0. The van der Waals surface area contributed by atoms with E-state index in [0.29, 0.717) is 32.0 Å². The molecule has 0 aromatic carbocycles. The summed E-state index contributed by atoms with van der Waals surface area (Å²) in [4.78, 5) is 17.4. The van der Waals surface area contributed by atoms with Crippen molar-refractivity contribution < 1.29 is 9.90 Å². The summed E-state index contributed by atoms with van der Waals surface area (Å²) < 4.78 is 0. The lowest BCUT2D eigenvalue weighted by molar-refractivity contribution is 0.0236. The zero-order chi connectivity index (χ0) is 14.9. The number of hydrogen-bond acceptors (Lipinski definition) is 4. The third-order valence-corrected chi connectivity index (χ3v) is 4.90. The molecule has 1 fully saturated rings. The first-order chi connectivity index (χ1) is 9.31. The molecular weight excluding hydrogens is 272 g/mol. The van der Waals surface area contributed by atoms with Crippen molar-refractivity contribution in [1.82, 2.24) is 9.80 Å². The van der Waals surface area contributed by atoms with Gasteiger partial charge in [0.15, 0.2) is 0 Å². The maximum absolute atomic E-state index is 12.5. The van der Waals surface area contributed by atoms with E-state index in [-0.39, 0.29) is 5.91 Å². The highest BCUT2D eigenvalue weighted by atomic mass is 32.1. The highest BCUT2D eigenvalue weighted by molar-refractivity contribution is 7.10. The second kappa shape index (κ2) is 5.84. The Morgan fingerprint density at radius 2 is 2.25 bits per heavy atom. The molecule has 4 nitrogen and oxygen atoms in total. The van der Waals surface area contributed by atoms with Crippen LogP contribution < -0.4 is 0 Å². The Morgan fingerprint density at radius 1 is 1.55 bits per heavy atom. The van der Waals surface area contributed by atoms with Crippen LogP contribution in [0, 0.1) is 0 Å². The molecule has 1 unspecified atom stereocenters. The molecule has 20 heavy (non-hydrogen) atoms. The number of nitrogens with zero attached hydrogens (tertiary/aromatic N) is 2. The van der Waals surface area contributed by atoms with Crippen LogP contribution in [0.4, 0.5) is 0 Å². The smallest absolute Gasteiger partial charge is 0.254 e. The first kappa shape index (κ1) is 15.5. The van der Waals surface area contributed by atoms with E-state index in [1.807, 2.05) is 30.4 Å². The van der Waals surface area contributed by atoms with Crippen molar-refractivity contribution in [2.75, 3.05) is 33.7 Å². The van der Waals surface area contributed by atoms with E-state index in [0.717, 1.165) is 5.56 Å². The van der Waals surface area contributed by atoms with Crippen LogP contribution in [-0.2, 0) is 0 Å². The van der Waals surface area contributed by atoms with Crippen LogP contribution in [0.15, 0.2) is 11.4 Å².